The van der Waals surface area contributed by atoms with Gasteiger partial charge in [-0.3, -0.25) is 9.63 Å². The second kappa shape index (κ2) is 7.37. The Morgan fingerprint density at radius 3 is 2.63 bits per heavy atom. The zero-order valence-electron chi connectivity index (χ0n) is 9.68. The Morgan fingerprint density at radius 1 is 1.32 bits per heavy atom. The van der Waals surface area contributed by atoms with Crippen LogP contribution in [0.5, 0.6) is 0 Å². The fraction of sp³-hybridized carbons (Fsp3) is 0.273. The zero-order valence-corrected chi connectivity index (χ0v) is 9.68. The number of carbonyl (C=O) groups excluding carboxylic acids is 1. The van der Waals surface area contributed by atoms with Crippen LogP contribution in [0.1, 0.15) is 5.56 Å². The molecule has 0 fully saturated rings. The monoisotopic (exact) mass is 276 g/mol. The number of oxime groups is 1. The van der Waals surface area contributed by atoms with Crippen molar-refractivity contribution in [2.24, 2.45) is 5.16 Å². The molecule has 0 aliphatic heterocycles. The van der Waals surface area contributed by atoms with Crippen LogP contribution in [0, 0.1) is 0 Å². The van der Waals surface area contributed by atoms with E-state index in [1.807, 2.05) is 6.07 Å². The van der Waals surface area contributed by atoms with Crippen LogP contribution in [0.4, 0.5) is 13.2 Å². The van der Waals surface area contributed by atoms with Crippen LogP contribution < -0.4 is 5.48 Å². The van der Waals surface area contributed by atoms with Crippen molar-refractivity contribution in [3.05, 3.63) is 35.9 Å². The van der Waals surface area contributed by atoms with Gasteiger partial charge in [-0.1, -0.05) is 35.5 Å². The van der Waals surface area contributed by atoms with E-state index >= 15 is 0 Å². The average Bonchev–Trinajstić information content (AvgIpc) is 2.34. The van der Waals surface area contributed by atoms with Gasteiger partial charge in [0.2, 0.25) is 0 Å². The van der Waals surface area contributed by atoms with Gasteiger partial charge in [-0.2, -0.15) is 13.2 Å². The number of hydrogen-bond acceptors (Lipinski definition) is 4. The minimum Gasteiger partial charge on any atom is -0.391 e. The summed E-state index contributed by atoms with van der Waals surface area (Å²) in [5.41, 5.74) is 2.39. The molecule has 0 heterocycles. The largest absolute Gasteiger partial charge is 0.414 e. The molecule has 5 nitrogen and oxygen atoms in total. The second-order valence-electron chi connectivity index (χ2n) is 3.36. The number of benzene rings is 1. The van der Waals surface area contributed by atoms with Crippen LogP contribution in [0.2, 0.25) is 0 Å². The van der Waals surface area contributed by atoms with Crippen molar-refractivity contribution < 1.29 is 27.6 Å². The molecule has 1 amide bonds. The minimum absolute atomic E-state index is 0.147. The number of carbonyl (C=O) groups is 1. The molecule has 0 spiro atoms. The van der Waals surface area contributed by atoms with E-state index in [-0.39, 0.29) is 6.61 Å². The lowest BCUT2D eigenvalue weighted by Gasteiger charge is -2.06. The summed E-state index contributed by atoms with van der Waals surface area (Å²) in [6.07, 6.45) is -3.83. The van der Waals surface area contributed by atoms with Crippen molar-refractivity contribution in [1.82, 2.24) is 5.48 Å². The molecule has 0 bridgehead atoms. The molecule has 19 heavy (non-hydrogen) atoms. The van der Waals surface area contributed by atoms with E-state index < -0.39 is 18.7 Å². The van der Waals surface area contributed by atoms with Crippen LogP contribution >= 0.6 is 0 Å². The molecule has 0 aliphatic carbocycles. The van der Waals surface area contributed by atoms with Gasteiger partial charge in [-0.15, -0.1) is 0 Å². The number of nitrogens with zero attached hydrogens (tertiary/aromatic N) is 1. The van der Waals surface area contributed by atoms with E-state index in [9.17, 15) is 18.0 Å². The van der Waals surface area contributed by atoms with Gasteiger partial charge in [0.05, 0.1) is 0 Å². The van der Waals surface area contributed by atoms with Crippen molar-refractivity contribution in [3.63, 3.8) is 0 Å². The highest BCUT2D eigenvalue weighted by molar-refractivity contribution is 6.25. The van der Waals surface area contributed by atoms with Gasteiger partial charge in [0.15, 0.2) is 6.61 Å². The maximum absolute atomic E-state index is 11.7. The summed E-state index contributed by atoms with van der Waals surface area (Å²) in [4.78, 5) is 19.6. The number of rotatable bonds is 6. The van der Waals surface area contributed by atoms with E-state index in [1.165, 1.54) is 0 Å². The minimum atomic E-state index is -4.51. The lowest BCUT2D eigenvalue weighted by molar-refractivity contribution is -0.189. The Bertz CT molecular complexity index is 421. The fourth-order valence-electron chi connectivity index (χ4n) is 0.987. The molecule has 0 unspecified atom stereocenters. The molecule has 1 rings (SSSR count). The van der Waals surface area contributed by atoms with Crippen LogP contribution in [-0.4, -0.2) is 24.9 Å². The maximum Gasteiger partial charge on any atom is 0.414 e. The molecule has 0 aliphatic rings. The van der Waals surface area contributed by atoms with Crippen molar-refractivity contribution in [2.45, 2.75) is 12.8 Å². The van der Waals surface area contributed by atoms with Crippen LogP contribution in [0.25, 0.3) is 0 Å². The van der Waals surface area contributed by atoms with E-state index in [0.717, 1.165) is 5.56 Å². The lowest BCUT2D eigenvalue weighted by Crippen LogP contribution is -2.30. The maximum atomic E-state index is 11.7. The van der Waals surface area contributed by atoms with E-state index in [4.69, 9.17) is 4.84 Å². The first kappa shape index (κ1) is 15.0. The first-order valence-electron chi connectivity index (χ1n) is 5.15. The van der Waals surface area contributed by atoms with Crippen LogP contribution in [-0.2, 0) is 21.1 Å². The third-order valence-electron chi connectivity index (χ3n) is 1.73. The van der Waals surface area contributed by atoms with Gasteiger partial charge in [-0.25, -0.2) is 5.48 Å². The van der Waals surface area contributed by atoms with E-state index in [1.54, 1.807) is 29.7 Å². The van der Waals surface area contributed by atoms with Gasteiger partial charge < -0.3 is 4.84 Å². The number of hydroxylamine groups is 1. The topological polar surface area (TPSA) is 59.9 Å². The predicted molar refractivity (Wildman–Crippen MR) is 59.9 cm³/mol. The quantitative estimate of drug-likeness (QED) is 0.636. The third kappa shape index (κ3) is 7.77. The smallest absolute Gasteiger partial charge is 0.391 e. The van der Waals surface area contributed by atoms with Crippen LogP contribution in [0.15, 0.2) is 35.5 Å². The summed E-state index contributed by atoms with van der Waals surface area (Å²) in [5, 5.41) is 3.28. The molecule has 8 heteroatoms. The SMILES string of the molecule is O=C(C=NOCc1ccccc1)NOCC(F)(F)F. The van der Waals surface area contributed by atoms with Crippen LogP contribution in [0.3, 0.4) is 0 Å². The zero-order chi connectivity index (χ0) is 14.1. The molecule has 0 saturated heterocycles. The molecule has 104 valence electrons. The van der Waals surface area contributed by atoms with E-state index in [0.29, 0.717) is 6.21 Å². The first-order chi connectivity index (χ1) is 8.97. The van der Waals surface area contributed by atoms with Gasteiger partial charge in [-0.05, 0) is 5.56 Å². The summed E-state index contributed by atoms with van der Waals surface area (Å²) in [6.45, 7) is -1.43. The summed E-state index contributed by atoms with van der Waals surface area (Å²) < 4.78 is 35.0. The standard InChI is InChI=1S/C11H11F3N2O3/c12-11(13,14)8-19-16-10(17)6-15-18-7-9-4-2-1-3-5-9/h1-6H,7-8H2,(H,16,17). The summed E-state index contributed by atoms with van der Waals surface area (Å²) in [6, 6.07) is 9.03. The Kier molecular flexibility index (Phi) is 5.80. The van der Waals surface area contributed by atoms with Gasteiger partial charge in [0.25, 0.3) is 5.91 Å². The average molecular weight is 276 g/mol. The number of hydrogen-bond donors (Lipinski definition) is 1. The highest BCUT2D eigenvalue weighted by Crippen LogP contribution is 2.13. The number of nitrogens with one attached hydrogen (secondary N) is 1. The number of halogens is 3. The lowest BCUT2D eigenvalue weighted by atomic mass is 10.2. The molecular formula is C11H11F3N2O3. The van der Waals surface area contributed by atoms with Crippen molar-refractivity contribution >= 4 is 12.1 Å². The third-order valence-corrected chi connectivity index (χ3v) is 1.73. The molecule has 0 aromatic heterocycles. The summed E-state index contributed by atoms with van der Waals surface area (Å²) in [7, 11) is 0. The second-order valence-corrected chi connectivity index (χ2v) is 3.36. The summed E-state index contributed by atoms with van der Waals surface area (Å²) >= 11 is 0. The normalized spacial score (nSPS) is 11.5. The molecule has 0 saturated carbocycles. The highest BCUT2D eigenvalue weighted by atomic mass is 19.4. The Morgan fingerprint density at radius 2 is 2.00 bits per heavy atom. The summed E-state index contributed by atoms with van der Waals surface area (Å²) in [5.74, 6) is -0.947. The van der Waals surface area contributed by atoms with Crippen molar-refractivity contribution in [2.75, 3.05) is 6.61 Å². The molecule has 1 N–H and O–H groups in total. The Hall–Kier alpha value is -2.09. The molecule has 1 aromatic rings. The Labute approximate surface area is 106 Å². The molecular weight excluding hydrogens is 265 g/mol. The molecule has 0 atom stereocenters. The van der Waals surface area contributed by atoms with E-state index in [2.05, 4.69) is 9.99 Å². The fourth-order valence-corrected chi connectivity index (χ4v) is 0.987. The highest BCUT2D eigenvalue weighted by Gasteiger charge is 2.28. The number of amides is 1. The van der Waals surface area contributed by atoms with Gasteiger partial charge in [0.1, 0.15) is 12.8 Å². The molecule has 0 radical (unpaired) electrons. The van der Waals surface area contributed by atoms with Crippen molar-refractivity contribution in [3.8, 4) is 0 Å². The van der Waals surface area contributed by atoms with Crippen molar-refractivity contribution in [1.29, 1.82) is 0 Å². The molecule has 1 aromatic carbocycles. The Balaban J connectivity index is 2.17. The van der Waals surface area contributed by atoms with Gasteiger partial charge >= 0.3 is 6.18 Å². The number of alkyl halides is 3. The first-order valence-corrected chi connectivity index (χ1v) is 5.15. The predicted octanol–water partition coefficient (Wildman–Crippen LogP) is 1.80. The van der Waals surface area contributed by atoms with Gasteiger partial charge in [0, 0.05) is 0 Å².